The number of hydrogen-bond acceptors (Lipinski definition) is 8. The monoisotopic (exact) mass is 377 g/mol. The summed E-state index contributed by atoms with van der Waals surface area (Å²) in [4.78, 5) is 4.00. The molecule has 1 saturated heterocycles. The molecule has 2 rings (SSSR count). The molecule has 1 aliphatic heterocycles. The van der Waals surface area contributed by atoms with Crippen LogP contribution in [0.5, 0.6) is 0 Å². The van der Waals surface area contributed by atoms with Crippen LogP contribution in [0.1, 0.15) is 5.56 Å². The van der Waals surface area contributed by atoms with E-state index in [2.05, 4.69) is 66.2 Å². The highest BCUT2D eigenvalue weighted by molar-refractivity contribution is 7.78. The molecule has 0 bridgehead atoms. The van der Waals surface area contributed by atoms with E-state index in [0.29, 0.717) is 0 Å². The first kappa shape index (κ1) is 21.1. The normalized spacial score (nSPS) is 19.5. The second-order valence-corrected chi connectivity index (χ2v) is 6.38. The van der Waals surface area contributed by atoms with Gasteiger partial charge in [0.05, 0.1) is 10.8 Å². The largest absolute Gasteiger partial charge is 0.314 e. The van der Waals surface area contributed by atoms with Gasteiger partial charge < -0.3 is 21.3 Å². The molecule has 0 spiro atoms. The first-order valence-electron chi connectivity index (χ1n) is 9.36. The lowest BCUT2D eigenvalue weighted by Gasteiger charge is -2.24. The van der Waals surface area contributed by atoms with Gasteiger partial charge in [-0.05, 0) is 29.9 Å². The Hall–Kier alpha value is -1.22. The zero-order valence-corrected chi connectivity index (χ0v) is 16.2. The van der Waals surface area contributed by atoms with E-state index >= 15 is 0 Å². The van der Waals surface area contributed by atoms with Gasteiger partial charge in [0, 0.05) is 72.0 Å². The Morgan fingerprint density at radius 2 is 1.35 bits per heavy atom. The molecule has 0 radical (unpaired) electrons. The highest BCUT2D eigenvalue weighted by atomic mass is 32.1. The van der Waals surface area contributed by atoms with Gasteiger partial charge in [0.1, 0.15) is 0 Å². The lowest BCUT2D eigenvalue weighted by Crippen LogP contribution is -2.45. The first-order valence-corrected chi connectivity index (χ1v) is 9.77. The maximum absolute atomic E-state index is 4.65. The summed E-state index contributed by atoms with van der Waals surface area (Å²) in [6.45, 7) is 10.6. The predicted molar refractivity (Wildman–Crippen MR) is 111 cm³/mol. The molecule has 1 aromatic carbocycles. The van der Waals surface area contributed by atoms with Crippen LogP contribution in [-0.2, 0) is 6.54 Å². The van der Waals surface area contributed by atoms with Crippen molar-refractivity contribution in [3.05, 3.63) is 29.8 Å². The molecule has 0 unspecified atom stereocenters. The van der Waals surface area contributed by atoms with E-state index in [-0.39, 0.29) is 0 Å². The summed E-state index contributed by atoms with van der Waals surface area (Å²) < 4.78 is 0. The molecule has 26 heavy (non-hydrogen) atoms. The van der Waals surface area contributed by atoms with Crippen LogP contribution < -0.4 is 26.7 Å². The minimum atomic E-state index is 0.844. The van der Waals surface area contributed by atoms with E-state index in [1.807, 2.05) is 12.1 Å². The van der Waals surface area contributed by atoms with Crippen molar-refractivity contribution in [3.63, 3.8) is 0 Å². The number of hydrazine groups is 1. The van der Waals surface area contributed by atoms with Crippen LogP contribution in [0.25, 0.3) is 0 Å². The molecule has 0 aliphatic carbocycles. The smallest absolute Gasteiger partial charge is 0.0739 e. The molecule has 1 aromatic rings. The van der Waals surface area contributed by atoms with Gasteiger partial charge in [-0.3, -0.25) is 5.43 Å². The molecule has 0 amide bonds. The zero-order valence-electron chi connectivity index (χ0n) is 15.4. The number of isothiocyanates is 1. The average Bonchev–Trinajstić information content (AvgIpc) is 2.65. The standard InChI is InChI=1S/C18H31N7S/c26-16-23-18-3-1-17(2-4-18)15-25-14-13-22-10-9-20-6-5-19-7-8-21-11-12-24-25/h1-4,19-22,24H,5-15H2. The van der Waals surface area contributed by atoms with E-state index in [9.17, 15) is 0 Å². The van der Waals surface area contributed by atoms with Gasteiger partial charge in [-0.1, -0.05) is 12.1 Å². The van der Waals surface area contributed by atoms with Crippen LogP contribution in [0.15, 0.2) is 29.3 Å². The lowest BCUT2D eigenvalue weighted by molar-refractivity contribution is 0.179. The van der Waals surface area contributed by atoms with Crippen molar-refractivity contribution >= 4 is 23.1 Å². The third-order valence-corrected chi connectivity index (χ3v) is 4.21. The summed E-state index contributed by atoms with van der Waals surface area (Å²) in [5, 5.41) is 18.5. The van der Waals surface area contributed by atoms with Crippen molar-refractivity contribution < 1.29 is 0 Å². The number of nitrogens with zero attached hydrogens (tertiary/aromatic N) is 2. The third kappa shape index (κ3) is 9.47. The molecule has 0 atom stereocenters. The predicted octanol–water partition coefficient (Wildman–Crippen LogP) is 0.0995. The summed E-state index contributed by atoms with van der Waals surface area (Å²) in [6, 6.07) is 8.13. The second kappa shape index (κ2) is 13.9. The number of benzene rings is 1. The van der Waals surface area contributed by atoms with Crippen molar-refractivity contribution in [2.45, 2.75) is 6.54 Å². The van der Waals surface area contributed by atoms with E-state index < -0.39 is 0 Å². The van der Waals surface area contributed by atoms with Crippen LogP contribution in [0, 0.1) is 0 Å². The van der Waals surface area contributed by atoms with Gasteiger partial charge in [0.2, 0.25) is 0 Å². The number of rotatable bonds is 3. The van der Waals surface area contributed by atoms with Crippen molar-refractivity contribution in [2.75, 3.05) is 65.4 Å². The molecule has 1 fully saturated rings. The fourth-order valence-electron chi connectivity index (χ4n) is 2.71. The maximum Gasteiger partial charge on any atom is 0.0739 e. The molecule has 0 aromatic heterocycles. The Labute approximate surface area is 162 Å². The van der Waals surface area contributed by atoms with Gasteiger partial charge in [-0.2, -0.15) is 4.99 Å². The first-order chi connectivity index (χ1) is 12.9. The highest BCUT2D eigenvalue weighted by Crippen LogP contribution is 2.13. The van der Waals surface area contributed by atoms with Gasteiger partial charge >= 0.3 is 0 Å². The Bertz CT molecular complexity index is 515. The van der Waals surface area contributed by atoms with Crippen molar-refractivity contribution in [1.82, 2.24) is 31.7 Å². The average molecular weight is 378 g/mol. The van der Waals surface area contributed by atoms with Gasteiger partial charge in [-0.15, -0.1) is 0 Å². The summed E-state index contributed by atoms with van der Waals surface area (Å²) >= 11 is 4.65. The summed E-state index contributed by atoms with van der Waals surface area (Å²) in [6.07, 6.45) is 0. The Morgan fingerprint density at radius 1 is 0.808 bits per heavy atom. The molecule has 1 heterocycles. The summed E-state index contributed by atoms with van der Waals surface area (Å²) in [7, 11) is 0. The van der Waals surface area contributed by atoms with Crippen molar-refractivity contribution in [3.8, 4) is 0 Å². The third-order valence-electron chi connectivity index (χ3n) is 4.12. The highest BCUT2D eigenvalue weighted by Gasteiger charge is 2.06. The Balaban J connectivity index is 1.82. The molecule has 8 heteroatoms. The zero-order chi connectivity index (χ0) is 18.3. The van der Waals surface area contributed by atoms with Gasteiger partial charge in [0.15, 0.2) is 0 Å². The Morgan fingerprint density at radius 3 is 1.92 bits per heavy atom. The topological polar surface area (TPSA) is 75.8 Å². The SMILES string of the molecule is S=C=Nc1ccc(CN2CCNCCNCCNCCNCCN2)cc1. The maximum atomic E-state index is 4.65. The van der Waals surface area contributed by atoms with Gasteiger partial charge in [-0.25, -0.2) is 5.01 Å². The fourth-order valence-corrected chi connectivity index (χ4v) is 2.82. The van der Waals surface area contributed by atoms with Gasteiger partial charge in [0.25, 0.3) is 0 Å². The van der Waals surface area contributed by atoms with Crippen LogP contribution in [0.2, 0.25) is 0 Å². The fraction of sp³-hybridized carbons (Fsp3) is 0.611. The van der Waals surface area contributed by atoms with E-state index in [1.54, 1.807) is 0 Å². The van der Waals surface area contributed by atoms with E-state index in [1.165, 1.54) is 5.56 Å². The van der Waals surface area contributed by atoms with Crippen LogP contribution in [0.4, 0.5) is 5.69 Å². The van der Waals surface area contributed by atoms with Crippen molar-refractivity contribution in [2.24, 2.45) is 4.99 Å². The number of nitrogens with one attached hydrogen (secondary N) is 5. The lowest BCUT2D eigenvalue weighted by atomic mass is 10.2. The van der Waals surface area contributed by atoms with E-state index in [4.69, 9.17) is 0 Å². The number of thiocarbonyl (C=S) groups is 1. The van der Waals surface area contributed by atoms with Crippen LogP contribution >= 0.6 is 12.2 Å². The van der Waals surface area contributed by atoms with Crippen molar-refractivity contribution in [1.29, 1.82) is 0 Å². The second-order valence-electron chi connectivity index (χ2n) is 6.20. The number of aliphatic imine (C=N–C) groups is 1. The minimum absolute atomic E-state index is 0.844. The molecular formula is C18H31N7S. The van der Waals surface area contributed by atoms with Crippen LogP contribution in [-0.4, -0.2) is 75.6 Å². The molecule has 0 saturated carbocycles. The summed E-state index contributed by atoms with van der Waals surface area (Å²) in [5.41, 5.74) is 5.62. The molecule has 7 nitrogen and oxygen atoms in total. The molecule has 5 N–H and O–H groups in total. The van der Waals surface area contributed by atoms with E-state index in [0.717, 1.165) is 77.7 Å². The summed E-state index contributed by atoms with van der Waals surface area (Å²) in [5.74, 6) is 0. The molecule has 1 aliphatic rings. The minimum Gasteiger partial charge on any atom is -0.314 e. The molecular weight excluding hydrogens is 346 g/mol. The number of hydrogen-bond donors (Lipinski definition) is 5. The van der Waals surface area contributed by atoms with Crippen LogP contribution in [0.3, 0.4) is 0 Å². The Kier molecular flexibility index (Phi) is 11.3. The quantitative estimate of drug-likeness (QED) is 0.378. The molecule has 144 valence electrons.